The van der Waals surface area contributed by atoms with Crippen molar-refractivity contribution < 1.29 is 4.42 Å². The molecule has 0 saturated carbocycles. The van der Waals surface area contributed by atoms with Gasteiger partial charge in [-0.1, -0.05) is 36.4 Å². The maximum Gasteiger partial charge on any atom is 0.134 e. The maximum atomic E-state index is 5.42. The fourth-order valence-corrected chi connectivity index (χ4v) is 1.86. The Morgan fingerprint density at radius 2 is 1.60 bits per heavy atom. The van der Waals surface area contributed by atoms with Gasteiger partial charge in [0.2, 0.25) is 0 Å². The highest BCUT2D eigenvalue weighted by atomic mass is 16.3. The van der Waals surface area contributed by atoms with E-state index >= 15 is 0 Å². The predicted molar refractivity (Wildman–Crippen MR) is 60.8 cm³/mol. The third-order valence-electron chi connectivity index (χ3n) is 2.58. The zero-order valence-corrected chi connectivity index (χ0v) is 8.18. The van der Waals surface area contributed by atoms with Gasteiger partial charge in [-0.2, -0.15) is 0 Å². The monoisotopic (exact) mass is 194 g/mol. The molecule has 0 unspecified atom stereocenters. The molecule has 0 spiro atoms. The van der Waals surface area contributed by atoms with E-state index in [9.17, 15) is 0 Å². The first-order chi connectivity index (χ1) is 7.45. The van der Waals surface area contributed by atoms with Crippen LogP contribution in [-0.2, 0) is 0 Å². The highest BCUT2D eigenvalue weighted by molar-refractivity contribution is 5.84. The minimum Gasteiger partial charge on any atom is -0.464 e. The summed E-state index contributed by atoms with van der Waals surface area (Å²) < 4.78 is 5.42. The zero-order chi connectivity index (χ0) is 10.1. The van der Waals surface area contributed by atoms with Gasteiger partial charge in [-0.3, -0.25) is 0 Å². The van der Waals surface area contributed by atoms with E-state index in [2.05, 4.69) is 30.3 Å². The molecule has 0 N–H and O–H groups in total. The molecule has 2 aliphatic rings. The summed E-state index contributed by atoms with van der Waals surface area (Å²) in [6.07, 6.45) is 1.71. The second kappa shape index (κ2) is 3.28. The van der Waals surface area contributed by atoms with Crippen LogP contribution in [0.25, 0.3) is 22.5 Å². The van der Waals surface area contributed by atoms with E-state index in [1.54, 1.807) is 6.26 Å². The van der Waals surface area contributed by atoms with Gasteiger partial charge in [-0.15, -0.1) is 0 Å². The smallest absolute Gasteiger partial charge is 0.134 e. The third-order valence-corrected chi connectivity index (χ3v) is 2.58. The Labute approximate surface area is 88.3 Å². The van der Waals surface area contributed by atoms with E-state index in [0.717, 1.165) is 11.3 Å². The first kappa shape index (κ1) is 8.30. The molecule has 0 amide bonds. The molecule has 0 radical (unpaired) electrons. The van der Waals surface area contributed by atoms with Gasteiger partial charge >= 0.3 is 0 Å². The van der Waals surface area contributed by atoms with Crippen LogP contribution in [0.3, 0.4) is 0 Å². The summed E-state index contributed by atoms with van der Waals surface area (Å²) in [6, 6.07) is 18.5. The second-order valence-corrected chi connectivity index (χ2v) is 3.50. The van der Waals surface area contributed by atoms with Gasteiger partial charge in [-0.25, -0.2) is 0 Å². The van der Waals surface area contributed by atoms with Crippen LogP contribution in [0.1, 0.15) is 0 Å². The van der Waals surface area contributed by atoms with Crippen molar-refractivity contribution in [3.8, 4) is 22.5 Å². The topological polar surface area (TPSA) is 13.1 Å². The summed E-state index contributed by atoms with van der Waals surface area (Å²) >= 11 is 0. The standard InChI is InChI=1S/C14H10O/c1-2-5-11-8-9-13(12(11)6-3-1)14-7-4-10-15-14/h1-10H. The van der Waals surface area contributed by atoms with Gasteiger partial charge in [0.15, 0.2) is 0 Å². The molecule has 1 heteroatoms. The molecule has 0 aromatic carbocycles. The predicted octanol–water partition coefficient (Wildman–Crippen LogP) is 4.05. The molecule has 1 nitrogen and oxygen atoms in total. The molecule has 3 rings (SSSR count). The minimum absolute atomic E-state index is 0.927. The molecule has 72 valence electrons. The fourth-order valence-electron chi connectivity index (χ4n) is 1.86. The van der Waals surface area contributed by atoms with E-state index in [4.69, 9.17) is 4.42 Å². The van der Waals surface area contributed by atoms with Gasteiger partial charge < -0.3 is 4.42 Å². The van der Waals surface area contributed by atoms with Crippen LogP contribution in [0, 0.1) is 0 Å². The Morgan fingerprint density at radius 3 is 2.47 bits per heavy atom. The van der Waals surface area contributed by atoms with E-state index in [1.165, 1.54) is 11.1 Å². The van der Waals surface area contributed by atoms with E-state index in [0.29, 0.717) is 0 Å². The van der Waals surface area contributed by atoms with E-state index in [-0.39, 0.29) is 0 Å². The lowest BCUT2D eigenvalue weighted by molar-refractivity contribution is 0.583. The molecule has 0 fully saturated rings. The van der Waals surface area contributed by atoms with Crippen LogP contribution in [0.2, 0.25) is 0 Å². The molecular weight excluding hydrogens is 184 g/mol. The largest absolute Gasteiger partial charge is 0.464 e. The number of hydrogen-bond donors (Lipinski definition) is 0. The van der Waals surface area contributed by atoms with Crippen LogP contribution >= 0.6 is 0 Å². The average Bonchev–Trinajstić information content (AvgIpc) is 2.83. The van der Waals surface area contributed by atoms with Gasteiger partial charge in [0, 0.05) is 5.56 Å². The van der Waals surface area contributed by atoms with Crippen molar-refractivity contribution in [2.24, 2.45) is 0 Å². The van der Waals surface area contributed by atoms with Crippen molar-refractivity contribution in [2.75, 3.05) is 0 Å². The number of furan rings is 1. The SMILES string of the molecule is c1ccc2ccc(-c3ccco3)c-2cc1. The number of hydrogen-bond acceptors (Lipinski definition) is 1. The van der Waals surface area contributed by atoms with Crippen molar-refractivity contribution in [3.63, 3.8) is 0 Å². The van der Waals surface area contributed by atoms with E-state index in [1.807, 2.05) is 24.3 Å². The molecular formula is C14H10O. The molecule has 2 aliphatic carbocycles. The summed E-state index contributed by atoms with van der Waals surface area (Å²) in [5, 5.41) is 0. The summed E-state index contributed by atoms with van der Waals surface area (Å²) in [4.78, 5) is 0. The third kappa shape index (κ3) is 1.33. The van der Waals surface area contributed by atoms with Crippen molar-refractivity contribution in [1.29, 1.82) is 0 Å². The molecule has 1 aromatic rings. The lowest BCUT2D eigenvalue weighted by Crippen LogP contribution is -1.71. The van der Waals surface area contributed by atoms with Crippen LogP contribution in [0.4, 0.5) is 0 Å². The highest BCUT2D eigenvalue weighted by Crippen LogP contribution is 2.34. The van der Waals surface area contributed by atoms with Gasteiger partial charge in [0.1, 0.15) is 5.76 Å². The molecule has 0 saturated heterocycles. The van der Waals surface area contributed by atoms with Gasteiger partial charge in [0.25, 0.3) is 0 Å². The molecule has 0 atom stereocenters. The first-order valence-electron chi connectivity index (χ1n) is 4.97. The van der Waals surface area contributed by atoms with Gasteiger partial charge in [0.05, 0.1) is 6.26 Å². The van der Waals surface area contributed by atoms with Crippen LogP contribution in [-0.4, -0.2) is 0 Å². The molecule has 1 aromatic heterocycles. The first-order valence-corrected chi connectivity index (χ1v) is 4.97. The van der Waals surface area contributed by atoms with Crippen LogP contribution in [0.5, 0.6) is 0 Å². The Hall–Kier alpha value is -2.02. The second-order valence-electron chi connectivity index (χ2n) is 3.50. The summed E-state index contributed by atoms with van der Waals surface area (Å²) in [7, 11) is 0. The Balaban J connectivity index is 2.25. The molecule has 0 aliphatic heterocycles. The summed E-state index contributed by atoms with van der Waals surface area (Å²) in [6.45, 7) is 0. The Morgan fingerprint density at radius 1 is 0.667 bits per heavy atom. The quantitative estimate of drug-likeness (QED) is 0.569. The number of rotatable bonds is 1. The molecule has 1 heterocycles. The Kier molecular flexibility index (Phi) is 1.82. The van der Waals surface area contributed by atoms with Gasteiger partial charge in [-0.05, 0) is 29.3 Å². The highest BCUT2D eigenvalue weighted by Gasteiger charge is 2.10. The van der Waals surface area contributed by atoms with Crippen LogP contribution < -0.4 is 0 Å². The average molecular weight is 194 g/mol. The maximum absolute atomic E-state index is 5.42. The van der Waals surface area contributed by atoms with Crippen molar-refractivity contribution in [3.05, 3.63) is 60.9 Å². The summed E-state index contributed by atoms with van der Waals surface area (Å²) in [5.41, 5.74) is 3.63. The minimum atomic E-state index is 0.927. The zero-order valence-electron chi connectivity index (χ0n) is 8.18. The summed E-state index contributed by atoms with van der Waals surface area (Å²) in [5.74, 6) is 0.927. The molecule has 15 heavy (non-hydrogen) atoms. The van der Waals surface area contributed by atoms with Crippen molar-refractivity contribution in [1.82, 2.24) is 0 Å². The van der Waals surface area contributed by atoms with Crippen molar-refractivity contribution >= 4 is 0 Å². The van der Waals surface area contributed by atoms with E-state index < -0.39 is 0 Å². The number of fused-ring (bicyclic) bond motifs is 1. The lowest BCUT2D eigenvalue weighted by Gasteiger charge is -1.96. The van der Waals surface area contributed by atoms with Crippen LogP contribution in [0.15, 0.2) is 65.3 Å². The normalized spacial score (nSPS) is 10.7. The lowest BCUT2D eigenvalue weighted by atomic mass is 10.1. The van der Waals surface area contributed by atoms with Crippen molar-refractivity contribution in [2.45, 2.75) is 0 Å². The molecule has 0 bridgehead atoms. The Bertz CT molecular complexity index is 537. The fraction of sp³-hybridized carbons (Fsp3) is 0.